The van der Waals surface area contributed by atoms with Crippen LogP contribution in [0.4, 0.5) is 0 Å². The fraction of sp³-hybridized carbons (Fsp3) is 0.353. The van der Waals surface area contributed by atoms with Crippen LogP contribution in [0.25, 0.3) is 6.08 Å². The molecule has 0 spiro atoms. The normalized spacial score (nSPS) is 12.0. The number of nitriles is 1. The quantitative estimate of drug-likeness (QED) is 0.605. The maximum absolute atomic E-state index is 11.9. The molecule has 7 nitrogen and oxygen atoms in total. The molecule has 1 N–H and O–H groups in total. The van der Waals surface area contributed by atoms with Crippen LogP contribution >= 0.6 is 0 Å². The van der Waals surface area contributed by atoms with E-state index in [9.17, 15) is 9.59 Å². The molecule has 0 unspecified atom stereocenters. The second-order valence-electron chi connectivity index (χ2n) is 5.11. The zero-order valence-corrected chi connectivity index (χ0v) is 14.1. The molecule has 0 saturated carbocycles. The third-order valence-electron chi connectivity index (χ3n) is 3.02. The standard InChI is InChI=1S/C17H20N2O5/c1-5-23-15-9-12(8-13(10-18)17(21)22)6-7-14(15)24-11(2)16(20)19(3)4/h6-9,11H,5H2,1-4H3,(H,21,22)/b13-8+/t11-/m1/s1. The number of rotatable bonds is 7. The van der Waals surface area contributed by atoms with Crippen LogP contribution in [0.1, 0.15) is 19.4 Å². The first kappa shape index (κ1) is 19.0. The lowest BCUT2D eigenvalue weighted by atomic mass is 10.1. The number of hydrogen-bond acceptors (Lipinski definition) is 5. The highest BCUT2D eigenvalue weighted by Crippen LogP contribution is 2.30. The molecule has 7 heteroatoms. The zero-order chi connectivity index (χ0) is 18.3. The first-order chi connectivity index (χ1) is 11.3. The number of carbonyl (C=O) groups excluding carboxylic acids is 1. The van der Waals surface area contributed by atoms with Gasteiger partial charge in [-0.15, -0.1) is 0 Å². The van der Waals surface area contributed by atoms with E-state index >= 15 is 0 Å². The number of benzene rings is 1. The Balaban J connectivity index is 3.14. The van der Waals surface area contributed by atoms with Gasteiger partial charge >= 0.3 is 5.97 Å². The number of likely N-dealkylation sites (N-methyl/N-ethyl adjacent to an activating group) is 1. The van der Waals surface area contributed by atoms with Gasteiger partial charge in [0.2, 0.25) is 0 Å². The smallest absolute Gasteiger partial charge is 0.346 e. The lowest BCUT2D eigenvalue weighted by Gasteiger charge is -2.20. The van der Waals surface area contributed by atoms with Crippen molar-refractivity contribution < 1.29 is 24.2 Å². The van der Waals surface area contributed by atoms with Crippen LogP contribution in [-0.4, -0.2) is 48.7 Å². The molecule has 0 fully saturated rings. The Hall–Kier alpha value is -3.01. The molecule has 24 heavy (non-hydrogen) atoms. The van der Waals surface area contributed by atoms with Crippen LogP contribution in [-0.2, 0) is 9.59 Å². The lowest BCUT2D eigenvalue weighted by molar-refractivity contribution is -0.135. The Morgan fingerprint density at radius 1 is 1.38 bits per heavy atom. The van der Waals surface area contributed by atoms with E-state index in [1.54, 1.807) is 52.2 Å². The summed E-state index contributed by atoms with van der Waals surface area (Å²) in [7, 11) is 3.27. The van der Waals surface area contributed by atoms with Crippen LogP contribution in [0.3, 0.4) is 0 Å². The van der Waals surface area contributed by atoms with E-state index in [4.69, 9.17) is 19.8 Å². The molecule has 0 aliphatic rings. The molecule has 0 aliphatic heterocycles. The molecule has 0 saturated heterocycles. The second kappa shape index (κ2) is 8.58. The Bertz CT molecular complexity index is 689. The van der Waals surface area contributed by atoms with Crippen LogP contribution in [0, 0.1) is 11.3 Å². The summed E-state index contributed by atoms with van der Waals surface area (Å²) in [6, 6.07) is 6.34. The summed E-state index contributed by atoms with van der Waals surface area (Å²) < 4.78 is 11.1. The summed E-state index contributed by atoms with van der Waals surface area (Å²) in [5, 5.41) is 17.7. The van der Waals surface area contributed by atoms with Crippen LogP contribution in [0.15, 0.2) is 23.8 Å². The molecule has 0 heterocycles. The number of amides is 1. The molecule has 0 aliphatic carbocycles. The number of hydrogen-bond donors (Lipinski definition) is 1. The van der Waals surface area contributed by atoms with Crippen LogP contribution in [0.2, 0.25) is 0 Å². The van der Waals surface area contributed by atoms with Crippen molar-refractivity contribution >= 4 is 18.0 Å². The molecule has 1 aromatic rings. The Morgan fingerprint density at radius 3 is 2.54 bits per heavy atom. The highest BCUT2D eigenvalue weighted by atomic mass is 16.5. The third kappa shape index (κ3) is 5.02. The van der Waals surface area contributed by atoms with Crippen molar-refractivity contribution in [3.63, 3.8) is 0 Å². The van der Waals surface area contributed by atoms with E-state index in [0.717, 1.165) is 0 Å². The fourth-order valence-electron chi connectivity index (χ4n) is 1.89. The molecule has 1 aromatic carbocycles. The number of nitrogens with zero attached hydrogens (tertiary/aromatic N) is 2. The maximum atomic E-state index is 11.9. The Labute approximate surface area is 140 Å². The SMILES string of the molecule is CCOc1cc(/C=C(\C#N)C(=O)O)ccc1O[C@H](C)C(=O)N(C)C. The number of carboxylic acid groups (broad SMARTS) is 1. The molecule has 1 atom stereocenters. The minimum absolute atomic E-state index is 0.195. The monoisotopic (exact) mass is 332 g/mol. The molecule has 128 valence electrons. The molecule has 0 aromatic heterocycles. The Kier molecular flexibility index (Phi) is 6.80. The van der Waals surface area contributed by atoms with Crippen LogP contribution in [0.5, 0.6) is 11.5 Å². The number of aliphatic carboxylic acids is 1. The summed E-state index contributed by atoms with van der Waals surface area (Å²) in [6.07, 6.45) is 0.539. The van der Waals surface area contributed by atoms with Gasteiger partial charge < -0.3 is 19.5 Å². The number of ether oxygens (including phenoxy) is 2. The lowest BCUT2D eigenvalue weighted by Crippen LogP contribution is -2.35. The molecular weight excluding hydrogens is 312 g/mol. The Morgan fingerprint density at radius 2 is 2.04 bits per heavy atom. The van der Waals surface area contributed by atoms with Gasteiger partial charge in [0.25, 0.3) is 5.91 Å². The van der Waals surface area contributed by atoms with E-state index in [-0.39, 0.29) is 11.5 Å². The van der Waals surface area contributed by atoms with Crippen LogP contribution < -0.4 is 9.47 Å². The first-order valence-corrected chi connectivity index (χ1v) is 7.29. The van der Waals surface area contributed by atoms with E-state index in [1.165, 1.54) is 11.0 Å². The molecule has 1 rings (SSSR count). The summed E-state index contributed by atoms with van der Waals surface area (Å²) in [4.78, 5) is 24.2. The molecular formula is C17H20N2O5. The van der Waals surface area contributed by atoms with Gasteiger partial charge in [0.05, 0.1) is 6.61 Å². The van der Waals surface area contributed by atoms with Crippen molar-refractivity contribution in [2.45, 2.75) is 20.0 Å². The van der Waals surface area contributed by atoms with Crippen molar-refractivity contribution in [3.05, 3.63) is 29.3 Å². The molecule has 0 radical (unpaired) electrons. The summed E-state index contributed by atoms with van der Waals surface area (Å²) >= 11 is 0. The minimum Gasteiger partial charge on any atom is -0.490 e. The predicted molar refractivity (Wildman–Crippen MR) is 87.6 cm³/mol. The largest absolute Gasteiger partial charge is 0.490 e. The van der Waals surface area contributed by atoms with Crippen molar-refractivity contribution in [3.8, 4) is 17.6 Å². The van der Waals surface area contributed by atoms with Gasteiger partial charge in [0.1, 0.15) is 11.6 Å². The van der Waals surface area contributed by atoms with Gasteiger partial charge in [0.15, 0.2) is 17.6 Å². The van der Waals surface area contributed by atoms with E-state index in [0.29, 0.717) is 23.7 Å². The van der Waals surface area contributed by atoms with Gasteiger partial charge in [-0.2, -0.15) is 5.26 Å². The van der Waals surface area contributed by atoms with Gasteiger partial charge in [-0.25, -0.2) is 4.79 Å². The van der Waals surface area contributed by atoms with Crippen molar-refractivity contribution in [1.29, 1.82) is 5.26 Å². The average Bonchev–Trinajstić information content (AvgIpc) is 2.53. The van der Waals surface area contributed by atoms with Gasteiger partial charge in [-0.3, -0.25) is 4.79 Å². The molecule has 1 amide bonds. The van der Waals surface area contributed by atoms with Gasteiger partial charge in [-0.1, -0.05) is 6.07 Å². The molecule has 0 bridgehead atoms. The fourth-order valence-corrected chi connectivity index (χ4v) is 1.89. The third-order valence-corrected chi connectivity index (χ3v) is 3.02. The van der Waals surface area contributed by atoms with E-state index in [1.807, 2.05) is 0 Å². The van der Waals surface area contributed by atoms with Gasteiger partial charge in [-0.05, 0) is 37.6 Å². The minimum atomic E-state index is -1.30. The van der Waals surface area contributed by atoms with Gasteiger partial charge in [0, 0.05) is 14.1 Å². The zero-order valence-electron chi connectivity index (χ0n) is 14.1. The second-order valence-corrected chi connectivity index (χ2v) is 5.11. The van der Waals surface area contributed by atoms with Crippen molar-refractivity contribution in [2.75, 3.05) is 20.7 Å². The summed E-state index contributed by atoms with van der Waals surface area (Å²) in [5.74, 6) is -0.766. The topological polar surface area (TPSA) is 99.9 Å². The highest BCUT2D eigenvalue weighted by Gasteiger charge is 2.19. The van der Waals surface area contributed by atoms with Crippen molar-refractivity contribution in [2.24, 2.45) is 0 Å². The highest BCUT2D eigenvalue weighted by molar-refractivity contribution is 5.96. The van der Waals surface area contributed by atoms with E-state index in [2.05, 4.69) is 0 Å². The average molecular weight is 332 g/mol. The number of carboxylic acids is 1. The predicted octanol–water partition coefficient (Wildman–Crippen LogP) is 1.93. The maximum Gasteiger partial charge on any atom is 0.346 e. The first-order valence-electron chi connectivity index (χ1n) is 7.29. The summed E-state index contributed by atoms with van der Waals surface area (Å²) in [5.41, 5.74) is 0.0959. The summed E-state index contributed by atoms with van der Waals surface area (Å²) in [6.45, 7) is 3.78. The van der Waals surface area contributed by atoms with E-state index < -0.39 is 12.1 Å². The van der Waals surface area contributed by atoms with Crippen molar-refractivity contribution in [1.82, 2.24) is 4.90 Å². The number of carbonyl (C=O) groups is 2.